The lowest BCUT2D eigenvalue weighted by Gasteiger charge is -2.13. The summed E-state index contributed by atoms with van der Waals surface area (Å²) in [4.78, 5) is 24.6. The zero-order chi connectivity index (χ0) is 24.2. The number of allylic oxidation sites excluding steroid dienone is 5. The second kappa shape index (κ2) is 9.88. The van der Waals surface area contributed by atoms with Crippen molar-refractivity contribution in [2.75, 3.05) is 5.32 Å². The highest BCUT2D eigenvalue weighted by molar-refractivity contribution is 5.84. The third-order valence-electron chi connectivity index (χ3n) is 6.45. The van der Waals surface area contributed by atoms with Gasteiger partial charge in [0.15, 0.2) is 0 Å². The summed E-state index contributed by atoms with van der Waals surface area (Å²) < 4.78 is 0. The molecule has 1 aliphatic rings. The SMILES string of the molecule is Cc1c(NCc2ccc(C3=CC(C)C(=C=O)CC=C3)cc2)ncnc1-c1ccc2ncccc2c1. The summed E-state index contributed by atoms with van der Waals surface area (Å²) in [5, 5.41) is 4.55. The Bertz CT molecular complexity index is 1490. The summed E-state index contributed by atoms with van der Waals surface area (Å²) >= 11 is 0. The number of nitrogens with one attached hydrogen (secondary N) is 1. The van der Waals surface area contributed by atoms with E-state index in [1.54, 1.807) is 12.5 Å². The molecule has 0 bridgehead atoms. The highest BCUT2D eigenvalue weighted by Crippen LogP contribution is 2.29. The van der Waals surface area contributed by atoms with Crippen molar-refractivity contribution >= 4 is 28.2 Å². The summed E-state index contributed by atoms with van der Waals surface area (Å²) in [5.74, 6) is 2.99. The number of anilines is 1. The standard InChI is InChI=1S/C30H26N4O/c1-20-15-24(5-3-6-27(20)18-35)23-10-8-22(9-11-23)17-32-30-21(2)29(33-19-34-30)26-12-13-28-25(16-26)7-4-14-31-28/h3-5,7-16,19-20H,6,17H2,1-2H3,(H,32,33,34). The molecular weight excluding hydrogens is 432 g/mol. The van der Waals surface area contributed by atoms with Gasteiger partial charge in [-0.3, -0.25) is 4.98 Å². The van der Waals surface area contributed by atoms with Crippen LogP contribution >= 0.6 is 0 Å². The molecule has 5 rings (SSSR count). The van der Waals surface area contributed by atoms with E-state index in [0.29, 0.717) is 13.0 Å². The lowest BCUT2D eigenvalue weighted by atomic mass is 9.97. The number of carbonyl (C=O) groups excluding carboxylic acids is 1. The van der Waals surface area contributed by atoms with E-state index >= 15 is 0 Å². The van der Waals surface area contributed by atoms with Gasteiger partial charge in [0.05, 0.1) is 11.2 Å². The fourth-order valence-electron chi connectivity index (χ4n) is 4.39. The molecule has 2 heterocycles. The number of benzene rings is 2. The van der Waals surface area contributed by atoms with Gasteiger partial charge >= 0.3 is 0 Å². The van der Waals surface area contributed by atoms with E-state index in [2.05, 4.69) is 80.8 Å². The number of hydrogen-bond donors (Lipinski definition) is 1. The summed E-state index contributed by atoms with van der Waals surface area (Å²) in [7, 11) is 0. The Morgan fingerprint density at radius 1 is 1.03 bits per heavy atom. The number of nitrogens with zero attached hydrogens (tertiary/aromatic N) is 3. The molecule has 1 aliphatic carbocycles. The molecule has 5 heteroatoms. The average molecular weight is 459 g/mol. The molecule has 2 aromatic heterocycles. The van der Waals surface area contributed by atoms with Gasteiger partial charge in [-0.15, -0.1) is 0 Å². The molecule has 0 radical (unpaired) electrons. The maximum absolute atomic E-state index is 11.1. The highest BCUT2D eigenvalue weighted by atomic mass is 16.1. The Kier molecular flexibility index (Phi) is 6.34. The van der Waals surface area contributed by atoms with Crippen molar-refractivity contribution in [2.24, 2.45) is 5.92 Å². The Balaban J connectivity index is 1.32. The molecule has 5 nitrogen and oxygen atoms in total. The van der Waals surface area contributed by atoms with Gasteiger partial charge in [-0.05, 0) is 48.2 Å². The molecule has 0 aliphatic heterocycles. The van der Waals surface area contributed by atoms with Crippen molar-refractivity contribution in [3.05, 3.63) is 108 Å². The monoisotopic (exact) mass is 458 g/mol. The van der Waals surface area contributed by atoms with Gasteiger partial charge in [-0.2, -0.15) is 0 Å². The van der Waals surface area contributed by atoms with E-state index in [1.165, 1.54) is 0 Å². The van der Waals surface area contributed by atoms with Gasteiger partial charge in [0.1, 0.15) is 18.1 Å². The first-order valence-corrected chi connectivity index (χ1v) is 11.7. The number of hydrogen-bond acceptors (Lipinski definition) is 5. The van der Waals surface area contributed by atoms with Crippen LogP contribution in [0.15, 0.2) is 90.9 Å². The summed E-state index contributed by atoms with van der Waals surface area (Å²) in [5.41, 5.74) is 8.14. The molecule has 1 atom stereocenters. The smallest absolute Gasteiger partial charge is 0.133 e. The van der Waals surface area contributed by atoms with Crippen LogP contribution in [0.1, 0.15) is 30.0 Å². The first kappa shape index (κ1) is 22.5. The molecule has 0 fully saturated rings. The van der Waals surface area contributed by atoms with Crippen molar-refractivity contribution in [1.29, 1.82) is 0 Å². The Hall–Kier alpha value is -4.34. The molecule has 0 saturated carbocycles. The fourth-order valence-corrected chi connectivity index (χ4v) is 4.39. The second-order valence-electron chi connectivity index (χ2n) is 8.80. The van der Waals surface area contributed by atoms with E-state index in [0.717, 1.165) is 55.8 Å². The predicted octanol–water partition coefficient (Wildman–Crippen LogP) is 6.35. The maximum atomic E-state index is 11.1. The second-order valence-corrected chi connectivity index (χ2v) is 8.80. The first-order valence-electron chi connectivity index (χ1n) is 11.7. The minimum absolute atomic E-state index is 0.0904. The molecular formula is C30H26N4O. The average Bonchev–Trinajstić information content (AvgIpc) is 3.09. The minimum atomic E-state index is 0.0904. The van der Waals surface area contributed by atoms with Gasteiger partial charge in [0, 0.05) is 40.7 Å². The third kappa shape index (κ3) is 4.81. The van der Waals surface area contributed by atoms with Crippen LogP contribution in [-0.4, -0.2) is 20.9 Å². The number of fused-ring (bicyclic) bond motifs is 1. The van der Waals surface area contributed by atoms with Crippen molar-refractivity contribution in [2.45, 2.75) is 26.8 Å². The molecule has 0 spiro atoms. The topological polar surface area (TPSA) is 67.8 Å². The van der Waals surface area contributed by atoms with E-state index in [4.69, 9.17) is 0 Å². The minimum Gasteiger partial charge on any atom is -0.366 e. The van der Waals surface area contributed by atoms with Gasteiger partial charge in [-0.25, -0.2) is 14.8 Å². The van der Waals surface area contributed by atoms with E-state index in [9.17, 15) is 4.79 Å². The molecule has 1 N–H and O–H groups in total. The van der Waals surface area contributed by atoms with Gasteiger partial charge in [0.2, 0.25) is 0 Å². The van der Waals surface area contributed by atoms with Crippen LogP contribution in [0.5, 0.6) is 0 Å². The van der Waals surface area contributed by atoms with Gasteiger partial charge < -0.3 is 5.32 Å². The number of rotatable bonds is 5. The van der Waals surface area contributed by atoms with Gasteiger partial charge in [0.25, 0.3) is 0 Å². The maximum Gasteiger partial charge on any atom is 0.133 e. The molecule has 172 valence electrons. The molecule has 1 unspecified atom stereocenters. The zero-order valence-corrected chi connectivity index (χ0v) is 19.8. The van der Waals surface area contributed by atoms with Crippen molar-refractivity contribution in [3.63, 3.8) is 0 Å². The van der Waals surface area contributed by atoms with Crippen molar-refractivity contribution in [3.8, 4) is 11.3 Å². The Morgan fingerprint density at radius 2 is 1.86 bits per heavy atom. The molecule has 35 heavy (non-hydrogen) atoms. The van der Waals surface area contributed by atoms with Crippen molar-refractivity contribution in [1.82, 2.24) is 15.0 Å². The quantitative estimate of drug-likeness (QED) is 0.353. The van der Waals surface area contributed by atoms with E-state index in [-0.39, 0.29) is 5.92 Å². The van der Waals surface area contributed by atoms with Crippen LogP contribution in [0.25, 0.3) is 27.7 Å². The molecule has 2 aromatic carbocycles. The van der Waals surface area contributed by atoms with Crippen LogP contribution in [-0.2, 0) is 11.3 Å². The summed E-state index contributed by atoms with van der Waals surface area (Å²) in [6.07, 6.45) is 10.3. The first-order chi connectivity index (χ1) is 17.1. The molecule has 0 saturated heterocycles. The fraction of sp³-hybridized carbons (Fsp3) is 0.167. The van der Waals surface area contributed by atoms with Crippen LogP contribution in [0.2, 0.25) is 0 Å². The highest BCUT2D eigenvalue weighted by Gasteiger charge is 2.12. The van der Waals surface area contributed by atoms with E-state index < -0.39 is 0 Å². The summed E-state index contributed by atoms with van der Waals surface area (Å²) in [6.45, 7) is 4.74. The number of aromatic nitrogens is 3. The largest absolute Gasteiger partial charge is 0.366 e. The van der Waals surface area contributed by atoms with Crippen LogP contribution in [0.4, 0.5) is 5.82 Å². The predicted molar refractivity (Wildman–Crippen MR) is 141 cm³/mol. The number of pyridine rings is 1. The Morgan fingerprint density at radius 3 is 2.69 bits per heavy atom. The lowest BCUT2D eigenvalue weighted by Crippen LogP contribution is -2.05. The summed E-state index contributed by atoms with van der Waals surface area (Å²) in [6, 6.07) is 18.7. The zero-order valence-electron chi connectivity index (χ0n) is 19.8. The van der Waals surface area contributed by atoms with Crippen molar-refractivity contribution < 1.29 is 4.79 Å². The van der Waals surface area contributed by atoms with Crippen LogP contribution in [0, 0.1) is 12.8 Å². The Labute approximate surface area is 205 Å². The third-order valence-corrected chi connectivity index (χ3v) is 6.45. The van der Waals surface area contributed by atoms with Crippen LogP contribution in [0.3, 0.4) is 0 Å². The molecule has 4 aromatic rings. The van der Waals surface area contributed by atoms with Gasteiger partial charge in [-0.1, -0.05) is 61.5 Å². The normalized spacial score (nSPS) is 15.4. The van der Waals surface area contributed by atoms with Crippen LogP contribution < -0.4 is 5.32 Å². The molecule has 0 amide bonds. The van der Waals surface area contributed by atoms with E-state index in [1.807, 2.05) is 32.1 Å². The lowest BCUT2D eigenvalue weighted by molar-refractivity contribution is 0.564.